The molecule has 1 aromatic carbocycles. The number of benzene rings is 1. The van der Waals surface area contributed by atoms with Crippen molar-refractivity contribution in [2.75, 3.05) is 33.3 Å². The highest BCUT2D eigenvalue weighted by Crippen LogP contribution is 2.26. The Morgan fingerprint density at radius 2 is 1.91 bits per heavy atom. The van der Waals surface area contributed by atoms with Crippen molar-refractivity contribution in [2.45, 2.75) is 58.4 Å². The van der Waals surface area contributed by atoms with Crippen LogP contribution in [0.15, 0.2) is 35.1 Å². The summed E-state index contributed by atoms with van der Waals surface area (Å²) in [6.07, 6.45) is 1.65. The summed E-state index contributed by atoms with van der Waals surface area (Å²) in [5.74, 6) is 0.996. The minimum Gasteiger partial charge on any atom is -0.496 e. The number of ether oxygens (including phenoxy) is 2. The summed E-state index contributed by atoms with van der Waals surface area (Å²) in [4.78, 5) is 30.4. The van der Waals surface area contributed by atoms with Gasteiger partial charge in [-0.15, -0.1) is 0 Å². The first kappa shape index (κ1) is 24.3. The molecule has 4 rings (SSSR count). The molecule has 2 aromatic rings. The summed E-state index contributed by atoms with van der Waals surface area (Å²) in [6.45, 7) is 7.61. The molecule has 184 valence electrons. The van der Waals surface area contributed by atoms with Gasteiger partial charge >= 0.3 is 0 Å². The Bertz CT molecular complexity index is 1060. The fraction of sp³-hybridized carbons (Fsp3) is 0.538. The molecule has 0 bridgehead atoms. The van der Waals surface area contributed by atoms with Crippen LogP contribution in [0, 0.1) is 0 Å². The maximum Gasteiger partial charge on any atom is 0.259 e. The van der Waals surface area contributed by atoms with Crippen molar-refractivity contribution in [2.24, 2.45) is 0 Å². The lowest BCUT2D eigenvalue weighted by atomic mass is 10.0. The lowest BCUT2D eigenvalue weighted by Crippen LogP contribution is -2.43. The van der Waals surface area contributed by atoms with Crippen LogP contribution in [0.3, 0.4) is 0 Å². The van der Waals surface area contributed by atoms with Gasteiger partial charge in [0.2, 0.25) is 0 Å². The van der Waals surface area contributed by atoms with Crippen LogP contribution in [0.4, 0.5) is 0 Å². The van der Waals surface area contributed by atoms with Crippen molar-refractivity contribution in [3.8, 4) is 11.5 Å². The Morgan fingerprint density at radius 3 is 2.59 bits per heavy atom. The number of likely N-dealkylation sites (tertiary alicyclic amines) is 1. The predicted octanol–water partition coefficient (Wildman–Crippen LogP) is 2.30. The van der Waals surface area contributed by atoms with E-state index in [0.717, 1.165) is 31.0 Å². The van der Waals surface area contributed by atoms with Crippen molar-refractivity contribution < 1.29 is 19.4 Å². The van der Waals surface area contributed by atoms with Gasteiger partial charge in [0.15, 0.2) is 0 Å². The van der Waals surface area contributed by atoms with Gasteiger partial charge in [0.25, 0.3) is 11.5 Å². The van der Waals surface area contributed by atoms with E-state index in [1.54, 1.807) is 9.47 Å². The fourth-order valence-electron chi connectivity index (χ4n) is 4.84. The van der Waals surface area contributed by atoms with Gasteiger partial charge in [0, 0.05) is 57.4 Å². The highest BCUT2D eigenvalue weighted by Gasteiger charge is 2.30. The molecule has 1 N–H and O–H groups in total. The van der Waals surface area contributed by atoms with Crippen LogP contribution in [0.5, 0.6) is 11.5 Å². The van der Waals surface area contributed by atoms with Crippen LogP contribution in [-0.2, 0) is 19.5 Å². The maximum absolute atomic E-state index is 13.5. The van der Waals surface area contributed by atoms with Crippen LogP contribution in [0.25, 0.3) is 0 Å². The number of carbonyl (C=O) groups excluding carboxylic acids is 1. The minimum atomic E-state index is -0.512. The fourth-order valence-corrected chi connectivity index (χ4v) is 4.84. The molecule has 0 aliphatic carbocycles. The van der Waals surface area contributed by atoms with E-state index in [1.165, 1.54) is 18.7 Å². The second-order valence-electron chi connectivity index (χ2n) is 9.41. The van der Waals surface area contributed by atoms with Crippen molar-refractivity contribution in [3.05, 3.63) is 57.5 Å². The molecule has 1 unspecified atom stereocenters. The molecule has 8 nitrogen and oxygen atoms in total. The number of aromatic nitrogens is 1. The number of aliphatic hydroxyl groups is 1. The zero-order valence-corrected chi connectivity index (χ0v) is 20.3. The molecule has 1 amide bonds. The Morgan fingerprint density at radius 1 is 1.15 bits per heavy atom. The second kappa shape index (κ2) is 10.6. The van der Waals surface area contributed by atoms with E-state index in [-0.39, 0.29) is 17.6 Å². The van der Waals surface area contributed by atoms with Crippen LogP contribution >= 0.6 is 0 Å². The van der Waals surface area contributed by atoms with E-state index in [2.05, 4.69) is 17.0 Å². The third-order valence-corrected chi connectivity index (χ3v) is 6.50. The summed E-state index contributed by atoms with van der Waals surface area (Å²) < 4.78 is 12.9. The van der Waals surface area contributed by atoms with E-state index in [0.29, 0.717) is 50.3 Å². The standard InChI is InChI=1S/C26H35N3O5/c1-18(2)34-21-8-6-19(7-9-21)16-27-12-10-22-25(26(32)28-11-4-5-20(30)17-28)23(33-3)15-24(31)29(22)14-13-27/h6-9,15,18,20,30H,4-5,10-14,16-17H2,1-3H3. The quantitative estimate of drug-likeness (QED) is 0.699. The Balaban J connectivity index is 1.55. The van der Waals surface area contributed by atoms with E-state index >= 15 is 0 Å². The molecular formula is C26H35N3O5. The van der Waals surface area contributed by atoms with Crippen LogP contribution in [0.1, 0.15) is 48.3 Å². The lowest BCUT2D eigenvalue weighted by Gasteiger charge is -2.31. The molecule has 1 fully saturated rings. The number of fused-ring (bicyclic) bond motifs is 1. The van der Waals surface area contributed by atoms with Crippen LogP contribution < -0.4 is 15.0 Å². The number of carbonyl (C=O) groups is 1. The first-order valence-corrected chi connectivity index (χ1v) is 12.1. The summed E-state index contributed by atoms with van der Waals surface area (Å²) in [7, 11) is 1.49. The summed E-state index contributed by atoms with van der Waals surface area (Å²) >= 11 is 0. The average Bonchev–Trinajstić information content (AvgIpc) is 3.02. The third kappa shape index (κ3) is 5.45. The number of nitrogens with zero attached hydrogens (tertiary/aromatic N) is 3. The molecule has 1 aromatic heterocycles. The predicted molar refractivity (Wildman–Crippen MR) is 130 cm³/mol. The highest BCUT2D eigenvalue weighted by molar-refractivity contribution is 5.98. The van der Waals surface area contributed by atoms with Crippen molar-refractivity contribution in [1.29, 1.82) is 0 Å². The van der Waals surface area contributed by atoms with E-state index < -0.39 is 6.10 Å². The van der Waals surface area contributed by atoms with Gasteiger partial charge in [-0.3, -0.25) is 14.5 Å². The number of rotatable bonds is 6. The van der Waals surface area contributed by atoms with Crippen molar-refractivity contribution >= 4 is 5.91 Å². The number of β-amino-alcohol motifs (C(OH)–C–C–N with tert-alkyl or cyclic N) is 1. The molecule has 1 saturated heterocycles. The molecule has 2 aliphatic heterocycles. The van der Waals surface area contributed by atoms with Crippen LogP contribution in [-0.4, -0.2) is 70.9 Å². The first-order valence-electron chi connectivity index (χ1n) is 12.1. The molecule has 34 heavy (non-hydrogen) atoms. The van der Waals surface area contributed by atoms with E-state index in [9.17, 15) is 14.7 Å². The minimum absolute atomic E-state index is 0.135. The summed E-state index contributed by atoms with van der Waals surface area (Å²) in [5.41, 5.74) is 2.19. The number of piperidine rings is 1. The molecule has 3 heterocycles. The maximum atomic E-state index is 13.5. The topological polar surface area (TPSA) is 84.2 Å². The highest BCUT2D eigenvalue weighted by atomic mass is 16.5. The Labute approximate surface area is 200 Å². The van der Waals surface area contributed by atoms with Gasteiger partial charge in [0.1, 0.15) is 17.1 Å². The number of amides is 1. The summed E-state index contributed by atoms with van der Waals surface area (Å²) in [5, 5.41) is 10.1. The first-order chi connectivity index (χ1) is 16.4. The number of methoxy groups -OCH3 is 1. The van der Waals surface area contributed by atoms with Crippen LogP contribution in [0.2, 0.25) is 0 Å². The van der Waals surface area contributed by atoms with Gasteiger partial charge in [-0.2, -0.15) is 0 Å². The zero-order chi connectivity index (χ0) is 24.2. The van der Waals surface area contributed by atoms with Gasteiger partial charge in [-0.25, -0.2) is 0 Å². The number of aliphatic hydroxyl groups excluding tert-OH is 1. The largest absolute Gasteiger partial charge is 0.496 e. The number of pyridine rings is 1. The molecular weight excluding hydrogens is 434 g/mol. The van der Waals surface area contributed by atoms with Gasteiger partial charge in [-0.1, -0.05) is 12.1 Å². The number of hydrogen-bond donors (Lipinski definition) is 1. The lowest BCUT2D eigenvalue weighted by molar-refractivity contribution is 0.0469. The van der Waals surface area contributed by atoms with E-state index in [4.69, 9.17) is 9.47 Å². The van der Waals surface area contributed by atoms with Crippen molar-refractivity contribution in [3.63, 3.8) is 0 Å². The van der Waals surface area contributed by atoms with Gasteiger partial charge < -0.3 is 24.0 Å². The molecule has 0 saturated carbocycles. The molecule has 1 atom stereocenters. The van der Waals surface area contributed by atoms with Crippen molar-refractivity contribution in [1.82, 2.24) is 14.4 Å². The average molecular weight is 470 g/mol. The third-order valence-electron chi connectivity index (χ3n) is 6.50. The Hall–Kier alpha value is -2.84. The number of hydrogen-bond acceptors (Lipinski definition) is 6. The monoisotopic (exact) mass is 469 g/mol. The molecule has 8 heteroatoms. The molecule has 0 spiro atoms. The normalized spacial score (nSPS) is 19.0. The van der Waals surface area contributed by atoms with Gasteiger partial charge in [-0.05, 0) is 44.4 Å². The smallest absolute Gasteiger partial charge is 0.259 e. The second-order valence-corrected chi connectivity index (χ2v) is 9.41. The molecule has 0 radical (unpaired) electrons. The summed E-state index contributed by atoms with van der Waals surface area (Å²) in [6, 6.07) is 9.53. The molecule has 2 aliphatic rings. The SMILES string of the molecule is COc1cc(=O)n2c(c1C(=O)N1CCCC(O)C1)CCN(Cc1ccc(OC(C)C)cc1)CC2. The van der Waals surface area contributed by atoms with Gasteiger partial charge in [0.05, 0.1) is 19.3 Å². The Kier molecular flexibility index (Phi) is 7.58. The zero-order valence-electron chi connectivity index (χ0n) is 20.3. The van der Waals surface area contributed by atoms with E-state index in [1.807, 2.05) is 26.0 Å².